The molecule has 0 aliphatic heterocycles. The first-order chi connectivity index (χ1) is 9.75. The fourth-order valence-electron chi connectivity index (χ4n) is 2.02. The molecule has 1 atom stereocenters. The maximum atomic E-state index is 12.0. The summed E-state index contributed by atoms with van der Waals surface area (Å²) in [6.07, 6.45) is 1.50. The third-order valence-electron chi connectivity index (χ3n) is 3.13. The molecule has 0 aromatic heterocycles. The molecular formula is C17H19NOS. The largest absolute Gasteiger partial charge is 0.355 e. The van der Waals surface area contributed by atoms with Crippen LogP contribution in [0.2, 0.25) is 0 Å². The summed E-state index contributed by atoms with van der Waals surface area (Å²) >= 11 is 4.38. The van der Waals surface area contributed by atoms with Crippen LogP contribution in [0.1, 0.15) is 11.1 Å². The number of carbonyl (C=O) groups excluding carboxylic acids is 1. The molecule has 1 unspecified atom stereocenters. The fourth-order valence-corrected chi connectivity index (χ4v) is 2.32. The number of thiol groups is 1. The van der Waals surface area contributed by atoms with Crippen LogP contribution >= 0.6 is 12.6 Å². The molecule has 0 saturated heterocycles. The van der Waals surface area contributed by atoms with Crippen molar-refractivity contribution >= 4 is 18.5 Å². The van der Waals surface area contributed by atoms with Gasteiger partial charge in [-0.3, -0.25) is 4.79 Å². The van der Waals surface area contributed by atoms with E-state index in [4.69, 9.17) is 0 Å². The van der Waals surface area contributed by atoms with Crippen molar-refractivity contribution in [3.63, 3.8) is 0 Å². The van der Waals surface area contributed by atoms with Crippen LogP contribution in [0.3, 0.4) is 0 Å². The lowest BCUT2D eigenvalue weighted by Crippen LogP contribution is -2.34. The predicted molar refractivity (Wildman–Crippen MR) is 86.1 cm³/mol. The Morgan fingerprint density at radius 2 is 1.50 bits per heavy atom. The predicted octanol–water partition coefficient (Wildman–Crippen LogP) is 2.89. The number of rotatable bonds is 6. The molecular weight excluding hydrogens is 266 g/mol. The number of nitrogens with one attached hydrogen (secondary N) is 1. The molecule has 1 N–H and O–H groups in total. The van der Waals surface area contributed by atoms with Gasteiger partial charge < -0.3 is 5.32 Å². The first-order valence-electron chi connectivity index (χ1n) is 6.79. The van der Waals surface area contributed by atoms with E-state index in [1.165, 1.54) is 5.56 Å². The zero-order chi connectivity index (χ0) is 14.2. The molecule has 0 saturated carbocycles. The average molecular weight is 285 g/mol. The highest BCUT2D eigenvalue weighted by atomic mass is 32.1. The molecule has 2 nitrogen and oxygen atoms in total. The van der Waals surface area contributed by atoms with E-state index in [2.05, 4.69) is 30.1 Å². The van der Waals surface area contributed by atoms with E-state index >= 15 is 0 Å². The van der Waals surface area contributed by atoms with Crippen LogP contribution in [-0.2, 0) is 17.6 Å². The van der Waals surface area contributed by atoms with Crippen LogP contribution in [0.4, 0.5) is 0 Å². The van der Waals surface area contributed by atoms with Crippen molar-refractivity contribution < 1.29 is 4.79 Å². The normalized spacial score (nSPS) is 11.8. The van der Waals surface area contributed by atoms with Gasteiger partial charge >= 0.3 is 0 Å². The summed E-state index contributed by atoms with van der Waals surface area (Å²) in [5.41, 5.74) is 2.36. The highest BCUT2D eigenvalue weighted by Gasteiger charge is 2.13. The lowest BCUT2D eigenvalue weighted by atomic mass is 10.1. The Morgan fingerprint density at radius 3 is 2.10 bits per heavy atom. The first kappa shape index (κ1) is 14.7. The Hall–Kier alpha value is -1.74. The third-order valence-corrected chi connectivity index (χ3v) is 3.55. The average Bonchev–Trinajstić information content (AvgIpc) is 2.49. The Morgan fingerprint density at radius 1 is 0.950 bits per heavy atom. The molecule has 0 heterocycles. The molecule has 20 heavy (non-hydrogen) atoms. The molecule has 0 bridgehead atoms. The summed E-state index contributed by atoms with van der Waals surface area (Å²) in [6.45, 7) is 0.648. The summed E-state index contributed by atoms with van der Waals surface area (Å²) in [6, 6.07) is 20.1. The second-order valence-electron chi connectivity index (χ2n) is 4.73. The molecule has 0 aliphatic rings. The maximum Gasteiger partial charge on any atom is 0.233 e. The highest BCUT2D eigenvalue weighted by Crippen LogP contribution is 2.08. The van der Waals surface area contributed by atoms with Gasteiger partial charge in [0.1, 0.15) is 0 Å². The molecule has 104 valence electrons. The monoisotopic (exact) mass is 285 g/mol. The second-order valence-corrected chi connectivity index (χ2v) is 5.36. The van der Waals surface area contributed by atoms with E-state index in [0.717, 1.165) is 12.0 Å². The number of amides is 1. The van der Waals surface area contributed by atoms with Gasteiger partial charge in [0.25, 0.3) is 0 Å². The number of hydrogen-bond acceptors (Lipinski definition) is 2. The third kappa shape index (κ3) is 4.74. The SMILES string of the molecule is O=C(NCCc1ccccc1)C(S)Cc1ccccc1. The van der Waals surface area contributed by atoms with Crippen LogP contribution in [0.25, 0.3) is 0 Å². The Labute approximate surface area is 125 Å². The number of benzene rings is 2. The van der Waals surface area contributed by atoms with Crippen molar-refractivity contribution in [1.82, 2.24) is 5.32 Å². The van der Waals surface area contributed by atoms with Crippen molar-refractivity contribution in [1.29, 1.82) is 0 Å². The molecule has 2 aromatic rings. The minimum Gasteiger partial charge on any atom is -0.355 e. The van der Waals surface area contributed by atoms with E-state index < -0.39 is 0 Å². The van der Waals surface area contributed by atoms with Crippen LogP contribution in [0.15, 0.2) is 60.7 Å². The van der Waals surface area contributed by atoms with E-state index in [9.17, 15) is 4.79 Å². The van der Waals surface area contributed by atoms with Crippen LogP contribution in [0, 0.1) is 0 Å². The van der Waals surface area contributed by atoms with Gasteiger partial charge in [-0.2, -0.15) is 12.6 Å². The lowest BCUT2D eigenvalue weighted by Gasteiger charge is -2.11. The van der Waals surface area contributed by atoms with Crippen molar-refractivity contribution in [2.45, 2.75) is 18.1 Å². The Kier molecular flexibility index (Phi) is 5.69. The topological polar surface area (TPSA) is 29.1 Å². The summed E-state index contributed by atoms with van der Waals surface area (Å²) in [4.78, 5) is 12.0. The Bertz CT molecular complexity index is 527. The molecule has 0 spiro atoms. The molecule has 3 heteroatoms. The molecule has 0 radical (unpaired) electrons. The van der Waals surface area contributed by atoms with Crippen LogP contribution in [-0.4, -0.2) is 17.7 Å². The van der Waals surface area contributed by atoms with E-state index in [1.807, 2.05) is 48.5 Å². The van der Waals surface area contributed by atoms with Crippen LogP contribution in [0.5, 0.6) is 0 Å². The van der Waals surface area contributed by atoms with Gasteiger partial charge in [0.05, 0.1) is 5.25 Å². The zero-order valence-corrected chi connectivity index (χ0v) is 12.2. The number of hydrogen-bond donors (Lipinski definition) is 2. The summed E-state index contributed by atoms with van der Waals surface area (Å²) in [5, 5.41) is 2.64. The van der Waals surface area contributed by atoms with Gasteiger partial charge in [-0.25, -0.2) is 0 Å². The van der Waals surface area contributed by atoms with Gasteiger partial charge in [0.15, 0.2) is 0 Å². The second kappa shape index (κ2) is 7.75. The first-order valence-corrected chi connectivity index (χ1v) is 7.31. The van der Waals surface area contributed by atoms with Crippen molar-refractivity contribution in [3.8, 4) is 0 Å². The number of carbonyl (C=O) groups is 1. The van der Waals surface area contributed by atoms with Crippen molar-refractivity contribution in [2.75, 3.05) is 6.54 Å². The van der Waals surface area contributed by atoms with Gasteiger partial charge in [-0.15, -0.1) is 0 Å². The van der Waals surface area contributed by atoms with Gasteiger partial charge in [-0.1, -0.05) is 60.7 Å². The smallest absolute Gasteiger partial charge is 0.233 e. The minimum absolute atomic E-state index is 0.00637. The summed E-state index contributed by atoms with van der Waals surface area (Å²) < 4.78 is 0. The minimum atomic E-state index is -0.298. The lowest BCUT2D eigenvalue weighted by molar-refractivity contribution is -0.120. The van der Waals surface area contributed by atoms with E-state index in [-0.39, 0.29) is 11.2 Å². The molecule has 0 fully saturated rings. The van der Waals surface area contributed by atoms with Crippen LogP contribution < -0.4 is 5.32 Å². The quantitative estimate of drug-likeness (QED) is 0.785. The highest BCUT2D eigenvalue weighted by molar-refractivity contribution is 7.81. The zero-order valence-electron chi connectivity index (χ0n) is 11.3. The fraction of sp³-hybridized carbons (Fsp3) is 0.235. The van der Waals surface area contributed by atoms with Gasteiger partial charge in [0.2, 0.25) is 5.91 Å². The standard InChI is InChI=1S/C17H19NOS/c19-17(16(20)13-15-9-5-2-6-10-15)18-12-11-14-7-3-1-4-8-14/h1-10,16,20H,11-13H2,(H,18,19). The summed E-state index contributed by atoms with van der Waals surface area (Å²) in [7, 11) is 0. The van der Waals surface area contributed by atoms with Gasteiger partial charge in [-0.05, 0) is 24.0 Å². The summed E-state index contributed by atoms with van der Waals surface area (Å²) in [5.74, 6) is -0.00637. The molecule has 2 rings (SSSR count). The van der Waals surface area contributed by atoms with Crippen molar-refractivity contribution in [2.24, 2.45) is 0 Å². The molecule has 1 amide bonds. The maximum absolute atomic E-state index is 12.0. The molecule has 2 aromatic carbocycles. The Balaban J connectivity index is 1.74. The molecule has 0 aliphatic carbocycles. The van der Waals surface area contributed by atoms with Crippen molar-refractivity contribution in [3.05, 3.63) is 71.8 Å². The van der Waals surface area contributed by atoms with Gasteiger partial charge in [0, 0.05) is 6.54 Å². The van der Waals surface area contributed by atoms with E-state index in [1.54, 1.807) is 0 Å². The van der Waals surface area contributed by atoms with E-state index in [0.29, 0.717) is 13.0 Å².